The van der Waals surface area contributed by atoms with Gasteiger partial charge in [-0.3, -0.25) is 13.9 Å². The molecule has 0 aromatic carbocycles. The van der Waals surface area contributed by atoms with E-state index in [2.05, 4.69) is 16.9 Å². The average Bonchev–Trinajstić information content (AvgIpc) is 2.74. The largest absolute Gasteiger partial charge is 0.356 e. The van der Waals surface area contributed by atoms with Crippen molar-refractivity contribution in [3.05, 3.63) is 33.5 Å². The maximum Gasteiger partial charge on any atom is 0.332 e. The molecule has 0 atom stereocenters. The van der Waals surface area contributed by atoms with Crippen molar-refractivity contribution in [2.75, 3.05) is 11.9 Å². The summed E-state index contributed by atoms with van der Waals surface area (Å²) in [7, 11) is 3.06. The molecule has 0 aliphatic heterocycles. The first-order valence-electron chi connectivity index (χ1n) is 6.03. The summed E-state index contributed by atoms with van der Waals surface area (Å²) < 4.78 is 4.18. The molecular weight excluding hydrogens is 246 g/mol. The van der Waals surface area contributed by atoms with Crippen LogP contribution in [0.4, 0.5) is 5.95 Å². The van der Waals surface area contributed by atoms with Crippen LogP contribution in [0.25, 0.3) is 11.2 Å². The number of nitrogens with zero attached hydrogens (tertiary/aromatic N) is 4. The molecule has 7 nitrogen and oxygen atoms in total. The van der Waals surface area contributed by atoms with Gasteiger partial charge in [0.25, 0.3) is 5.56 Å². The Labute approximate surface area is 109 Å². The summed E-state index contributed by atoms with van der Waals surface area (Å²) in [6.45, 7) is 6.75. The maximum absolute atomic E-state index is 12.2. The second-order valence-electron chi connectivity index (χ2n) is 4.24. The summed E-state index contributed by atoms with van der Waals surface area (Å²) in [4.78, 5) is 28.5. The molecule has 0 saturated carbocycles. The van der Waals surface area contributed by atoms with E-state index in [0.29, 0.717) is 30.2 Å². The summed E-state index contributed by atoms with van der Waals surface area (Å²) in [5.41, 5.74) is 0.0479. The van der Waals surface area contributed by atoms with Gasteiger partial charge in [-0.05, 0) is 6.92 Å². The number of fused-ring (bicyclic) bond motifs is 1. The van der Waals surface area contributed by atoms with Crippen LogP contribution in [-0.2, 0) is 20.6 Å². The quantitative estimate of drug-likeness (QED) is 0.791. The summed E-state index contributed by atoms with van der Waals surface area (Å²) in [5.74, 6) is 0.565. The van der Waals surface area contributed by atoms with Crippen LogP contribution < -0.4 is 16.6 Å². The monoisotopic (exact) mass is 263 g/mol. The molecule has 0 aliphatic rings. The van der Waals surface area contributed by atoms with Gasteiger partial charge >= 0.3 is 5.69 Å². The minimum absolute atomic E-state index is 0.350. The molecular formula is C12H17N5O2. The van der Waals surface area contributed by atoms with E-state index in [9.17, 15) is 9.59 Å². The fourth-order valence-corrected chi connectivity index (χ4v) is 2.05. The minimum Gasteiger partial charge on any atom is -0.356 e. The molecule has 102 valence electrons. The highest BCUT2D eigenvalue weighted by molar-refractivity contribution is 5.74. The number of allylic oxidation sites excluding steroid dienone is 1. The van der Waals surface area contributed by atoms with Crippen molar-refractivity contribution < 1.29 is 0 Å². The molecule has 0 spiro atoms. The van der Waals surface area contributed by atoms with E-state index in [4.69, 9.17) is 0 Å². The number of rotatable bonds is 4. The minimum atomic E-state index is -0.385. The predicted octanol–water partition coefficient (Wildman–Crippen LogP) is 0.0515. The second kappa shape index (κ2) is 4.75. The van der Waals surface area contributed by atoms with Gasteiger partial charge in [0.2, 0.25) is 5.95 Å². The average molecular weight is 263 g/mol. The molecule has 0 unspecified atom stereocenters. The lowest BCUT2D eigenvalue weighted by molar-refractivity contribution is 0.703. The van der Waals surface area contributed by atoms with Gasteiger partial charge in [0.05, 0.1) is 0 Å². The second-order valence-corrected chi connectivity index (χ2v) is 4.24. The number of aryl methyl sites for hydroxylation is 1. The van der Waals surface area contributed by atoms with Crippen molar-refractivity contribution in [3.63, 3.8) is 0 Å². The third-order valence-electron chi connectivity index (χ3n) is 2.99. The summed E-state index contributed by atoms with van der Waals surface area (Å²) >= 11 is 0. The van der Waals surface area contributed by atoms with Gasteiger partial charge < -0.3 is 9.88 Å². The van der Waals surface area contributed by atoms with Gasteiger partial charge in [-0.2, -0.15) is 4.98 Å². The molecule has 0 bridgehead atoms. The van der Waals surface area contributed by atoms with Crippen molar-refractivity contribution in [1.29, 1.82) is 0 Å². The van der Waals surface area contributed by atoms with E-state index in [1.165, 1.54) is 11.6 Å². The van der Waals surface area contributed by atoms with E-state index in [1.807, 2.05) is 6.92 Å². The topological polar surface area (TPSA) is 73.8 Å². The molecule has 1 N–H and O–H groups in total. The SMILES string of the molecule is C=CCn1c(NCC)nc2c1c(=O)n(C)c(=O)n2C. The van der Waals surface area contributed by atoms with E-state index >= 15 is 0 Å². The fourth-order valence-electron chi connectivity index (χ4n) is 2.05. The van der Waals surface area contributed by atoms with Crippen LogP contribution in [-0.4, -0.2) is 25.2 Å². The smallest absolute Gasteiger partial charge is 0.332 e. The van der Waals surface area contributed by atoms with Crippen molar-refractivity contribution >= 4 is 17.1 Å². The van der Waals surface area contributed by atoms with E-state index < -0.39 is 0 Å². The number of anilines is 1. The van der Waals surface area contributed by atoms with E-state index in [-0.39, 0.29) is 11.2 Å². The number of imidazole rings is 1. The third-order valence-corrected chi connectivity index (χ3v) is 2.99. The number of hydrogen-bond acceptors (Lipinski definition) is 4. The highest BCUT2D eigenvalue weighted by atomic mass is 16.2. The molecule has 7 heteroatoms. The molecule has 19 heavy (non-hydrogen) atoms. The zero-order chi connectivity index (χ0) is 14.2. The molecule has 0 radical (unpaired) electrons. The lowest BCUT2D eigenvalue weighted by Crippen LogP contribution is -2.37. The van der Waals surface area contributed by atoms with Gasteiger partial charge in [0.1, 0.15) is 0 Å². The van der Waals surface area contributed by atoms with Gasteiger partial charge in [-0.15, -0.1) is 6.58 Å². The van der Waals surface area contributed by atoms with Gasteiger partial charge in [-0.1, -0.05) is 6.08 Å². The Bertz CT molecular complexity index is 750. The van der Waals surface area contributed by atoms with E-state index in [1.54, 1.807) is 17.7 Å². The van der Waals surface area contributed by atoms with Crippen LogP contribution in [0, 0.1) is 0 Å². The lowest BCUT2D eigenvalue weighted by atomic mass is 10.5. The number of nitrogens with one attached hydrogen (secondary N) is 1. The molecule has 0 fully saturated rings. The molecule has 2 aromatic rings. The van der Waals surface area contributed by atoms with Crippen molar-refractivity contribution in [2.45, 2.75) is 13.5 Å². The van der Waals surface area contributed by atoms with Gasteiger partial charge in [0.15, 0.2) is 11.2 Å². The number of hydrogen-bond donors (Lipinski definition) is 1. The Morgan fingerprint density at radius 2 is 2.00 bits per heavy atom. The zero-order valence-corrected chi connectivity index (χ0v) is 11.3. The maximum atomic E-state index is 12.2. The molecule has 2 heterocycles. The number of aromatic nitrogens is 4. The molecule has 0 amide bonds. The molecule has 0 saturated heterocycles. The summed E-state index contributed by atoms with van der Waals surface area (Å²) in [6.07, 6.45) is 1.69. The van der Waals surface area contributed by atoms with Crippen molar-refractivity contribution in [2.24, 2.45) is 14.1 Å². The third kappa shape index (κ3) is 1.87. The Morgan fingerprint density at radius 3 is 2.58 bits per heavy atom. The first kappa shape index (κ1) is 13.1. The Hall–Kier alpha value is -2.31. The summed E-state index contributed by atoms with van der Waals surface area (Å²) in [5, 5.41) is 3.08. The molecule has 2 rings (SSSR count). The molecule has 0 aliphatic carbocycles. The molecule has 2 aromatic heterocycles. The van der Waals surface area contributed by atoms with Crippen LogP contribution in [0.2, 0.25) is 0 Å². The Balaban J connectivity index is 2.96. The zero-order valence-electron chi connectivity index (χ0n) is 11.3. The first-order chi connectivity index (χ1) is 9.02. The van der Waals surface area contributed by atoms with Crippen molar-refractivity contribution in [1.82, 2.24) is 18.7 Å². The van der Waals surface area contributed by atoms with Gasteiger partial charge in [0, 0.05) is 27.2 Å². The van der Waals surface area contributed by atoms with Crippen LogP contribution in [0.3, 0.4) is 0 Å². The normalized spacial score (nSPS) is 10.9. The summed E-state index contributed by atoms with van der Waals surface area (Å²) in [6, 6.07) is 0. The first-order valence-corrected chi connectivity index (χ1v) is 6.03. The predicted molar refractivity (Wildman–Crippen MR) is 74.6 cm³/mol. The van der Waals surface area contributed by atoms with E-state index in [0.717, 1.165) is 4.57 Å². The van der Waals surface area contributed by atoms with Crippen LogP contribution >= 0.6 is 0 Å². The highest BCUT2D eigenvalue weighted by Gasteiger charge is 2.17. The Morgan fingerprint density at radius 1 is 1.32 bits per heavy atom. The van der Waals surface area contributed by atoms with Crippen LogP contribution in [0.15, 0.2) is 22.2 Å². The van der Waals surface area contributed by atoms with Crippen LogP contribution in [0.1, 0.15) is 6.92 Å². The Kier molecular flexibility index (Phi) is 3.28. The van der Waals surface area contributed by atoms with Gasteiger partial charge in [-0.25, -0.2) is 4.79 Å². The standard InChI is InChI=1S/C12H17N5O2/c1-5-7-17-8-9(14-11(17)13-6-2)15(3)12(19)16(4)10(8)18/h5H,1,6-7H2,2-4H3,(H,13,14). The lowest BCUT2D eigenvalue weighted by Gasteiger charge is -2.07. The van der Waals surface area contributed by atoms with Crippen molar-refractivity contribution in [3.8, 4) is 0 Å². The van der Waals surface area contributed by atoms with Crippen LogP contribution in [0.5, 0.6) is 0 Å². The highest BCUT2D eigenvalue weighted by Crippen LogP contribution is 2.15. The fraction of sp³-hybridized carbons (Fsp3) is 0.417.